The molecule has 22 heavy (non-hydrogen) atoms. The van der Waals surface area contributed by atoms with E-state index in [0.717, 1.165) is 29.6 Å². The summed E-state index contributed by atoms with van der Waals surface area (Å²) < 4.78 is 1.94. The lowest BCUT2D eigenvalue weighted by molar-refractivity contribution is 0.0694. The van der Waals surface area contributed by atoms with E-state index in [0.29, 0.717) is 17.2 Å². The zero-order valence-corrected chi connectivity index (χ0v) is 13.4. The van der Waals surface area contributed by atoms with Gasteiger partial charge in [0.1, 0.15) is 0 Å². The number of aryl methyl sites for hydroxylation is 2. The Bertz CT molecular complexity index is 697. The highest BCUT2D eigenvalue weighted by molar-refractivity contribution is 5.92. The molecule has 0 saturated heterocycles. The molecule has 0 aromatic carbocycles. The normalized spacial score (nSPS) is 16.3. The molecule has 2 aromatic rings. The third kappa shape index (κ3) is 2.62. The maximum Gasteiger partial charge on any atom is 0.337 e. The Hall–Kier alpha value is -1.84. The van der Waals surface area contributed by atoms with Crippen molar-refractivity contribution in [2.45, 2.75) is 58.8 Å². The van der Waals surface area contributed by atoms with Crippen LogP contribution in [-0.2, 0) is 12.8 Å². The second kappa shape index (κ2) is 6.11. The number of hydrogen-bond donors (Lipinski definition) is 1. The van der Waals surface area contributed by atoms with E-state index in [1.54, 1.807) is 0 Å². The van der Waals surface area contributed by atoms with Crippen molar-refractivity contribution in [3.63, 3.8) is 0 Å². The van der Waals surface area contributed by atoms with Crippen molar-refractivity contribution < 1.29 is 9.90 Å². The van der Waals surface area contributed by atoms with E-state index >= 15 is 0 Å². The predicted octanol–water partition coefficient (Wildman–Crippen LogP) is 4.03. The van der Waals surface area contributed by atoms with Crippen LogP contribution in [0.3, 0.4) is 0 Å². The molecule has 1 saturated carbocycles. The van der Waals surface area contributed by atoms with Crippen LogP contribution in [0.25, 0.3) is 5.52 Å². The van der Waals surface area contributed by atoms with Gasteiger partial charge < -0.3 is 5.11 Å². The lowest BCUT2D eigenvalue weighted by Crippen LogP contribution is -2.16. The number of hydrogen-bond acceptors (Lipinski definition) is 2. The average molecular weight is 300 g/mol. The third-order valence-corrected chi connectivity index (χ3v) is 4.95. The van der Waals surface area contributed by atoms with Crippen molar-refractivity contribution >= 4 is 11.5 Å². The maximum absolute atomic E-state index is 11.8. The molecule has 3 rings (SSSR count). The number of aromatic nitrogens is 2. The van der Waals surface area contributed by atoms with Crippen molar-refractivity contribution in [2.75, 3.05) is 0 Å². The molecule has 0 aliphatic heterocycles. The van der Waals surface area contributed by atoms with Gasteiger partial charge in [0.2, 0.25) is 0 Å². The molecule has 118 valence electrons. The molecule has 1 aliphatic carbocycles. The minimum Gasteiger partial charge on any atom is -0.478 e. The molecule has 1 fully saturated rings. The highest BCUT2D eigenvalue weighted by Crippen LogP contribution is 2.31. The summed E-state index contributed by atoms with van der Waals surface area (Å²) in [5.74, 6) is -0.241. The Morgan fingerprint density at radius 3 is 2.68 bits per heavy atom. The van der Waals surface area contributed by atoms with E-state index in [4.69, 9.17) is 0 Å². The summed E-state index contributed by atoms with van der Waals surface area (Å²) in [7, 11) is 0. The maximum atomic E-state index is 11.8. The van der Waals surface area contributed by atoms with Crippen LogP contribution in [0.1, 0.15) is 66.3 Å². The Morgan fingerprint density at radius 2 is 2.05 bits per heavy atom. The van der Waals surface area contributed by atoms with Crippen LogP contribution in [0.15, 0.2) is 12.1 Å². The average Bonchev–Trinajstić information content (AvgIpc) is 2.90. The quantitative estimate of drug-likeness (QED) is 0.927. The summed E-state index contributed by atoms with van der Waals surface area (Å²) in [5, 5.41) is 14.2. The zero-order chi connectivity index (χ0) is 15.7. The van der Waals surface area contributed by atoms with Gasteiger partial charge in [0.25, 0.3) is 0 Å². The second-order valence-electron chi connectivity index (χ2n) is 6.43. The molecule has 4 heteroatoms. The molecule has 1 aliphatic rings. The summed E-state index contributed by atoms with van der Waals surface area (Å²) in [6.07, 6.45) is 8.06. The number of carboxylic acids is 1. The standard InChI is InChI=1S/C18H24N2O2/c1-3-14-9-10-16-15(11-13-7-5-4-6-8-13)17(18(21)22)12(2)19-20(14)16/h9-10,13H,3-8,11H2,1-2H3,(H,21,22). The molecule has 0 spiro atoms. The molecule has 2 heterocycles. The third-order valence-electron chi connectivity index (χ3n) is 4.95. The van der Waals surface area contributed by atoms with Gasteiger partial charge in [-0.1, -0.05) is 39.0 Å². The van der Waals surface area contributed by atoms with Gasteiger partial charge in [0.05, 0.1) is 16.8 Å². The molecule has 0 bridgehead atoms. The fourth-order valence-electron chi connectivity index (χ4n) is 3.80. The molecular formula is C18H24N2O2. The first-order valence-corrected chi connectivity index (χ1v) is 8.35. The fourth-order valence-corrected chi connectivity index (χ4v) is 3.80. The van der Waals surface area contributed by atoms with Crippen LogP contribution >= 0.6 is 0 Å². The molecule has 0 atom stereocenters. The first kappa shape index (κ1) is 15.1. The van der Waals surface area contributed by atoms with E-state index < -0.39 is 5.97 Å². The van der Waals surface area contributed by atoms with Crippen molar-refractivity contribution in [3.05, 3.63) is 34.6 Å². The van der Waals surface area contributed by atoms with Crippen LogP contribution in [-0.4, -0.2) is 20.7 Å². The van der Waals surface area contributed by atoms with Crippen LogP contribution in [0.2, 0.25) is 0 Å². The van der Waals surface area contributed by atoms with E-state index in [1.807, 2.05) is 17.5 Å². The Balaban J connectivity index is 2.12. The highest BCUT2D eigenvalue weighted by Gasteiger charge is 2.23. The van der Waals surface area contributed by atoms with E-state index in [1.165, 1.54) is 32.1 Å². The first-order valence-electron chi connectivity index (χ1n) is 8.35. The minimum atomic E-state index is -0.849. The van der Waals surface area contributed by atoms with Gasteiger partial charge in [-0.25, -0.2) is 9.31 Å². The lowest BCUT2D eigenvalue weighted by atomic mass is 9.83. The fraction of sp³-hybridized carbons (Fsp3) is 0.556. The SMILES string of the molecule is CCc1ccc2c(CC3CCCCC3)c(C(=O)O)c(C)nn12. The first-order chi connectivity index (χ1) is 10.6. The predicted molar refractivity (Wildman–Crippen MR) is 86.5 cm³/mol. The largest absolute Gasteiger partial charge is 0.478 e. The van der Waals surface area contributed by atoms with Crippen molar-refractivity contribution in [3.8, 4) is 0 Å². The van der Waals surface area contributed by atoms with Gasteiger partial charge in [0.15, 0.2) is 0 Å². The van der Waals surface area contributed by atoms with Crippen molar-refractivity contribution in [1.82, 2.24) is 9.61 Å². The Morgan fingerprint density at radius 1 is 1.32 bits per heavy atom. The molecule has 0 amide bonds. The van der Waals surface area contributed by atoms with E-state index in [2.05, 4.69) is 18.1 Å². The van der Waals surface area contributed by atoms with Crippen LogP contribution in [0, 0.1) is 12.8 Å². The van der Waals surface area contributed by atoms with Crippen LogP contribution < -0.4 is 0 Å². The van der Waals surface area contributed by atoms with Crippen molar-refractivity contribution in [2.24, 2.45) is 5.92 Å². The van der Waals surface area contributed by atoms with Gasteiger partial charge in [0, 0.05) is 5.69 Å². The molecule has 0 radical (unpaired) electrons. The minimum absolute atomic E-state index is 0.416. The highest BCUT2D eigenvalue weighted by atomic mass is 16.4. The number of aromatic carboxylic acids is 1. The molecule has 4 nitrogen and oxygen atoms in total. The Kier molecular flexibility index (Phi) is 4.19. The number of nitrogens with zero attached hydrogens (tertiary/aromatic N) is 2. The Labute approximate surface area is 131 Å². The summed E-state index contributed by atoms with van der Waals surface area (Å²) in [4.78, 5) is 11.8. The molecule has 0 unspecified atom stereocenters. The van der Waals surface area contributed by atoms with Crippen LogP contribution in [0.4, 0.5) is 0 Å². The van der Waals surface area contributed by atoms with Gasteiger partial charge in [-0.2, -0.15) is 5.10 Å². The van der Waals surface area contributed by atoms with Crippen molar-refractivity contribution in [1.29, 1.82) is 0 Å². The number of rotatable bonds is 4. The van der Waals surface area contributed by atoms with E-state index in [9.17, 15) is 9.90 Å². The van der Waals surface area contributed by atoms with Gasteiger partial charge in [-0.3, -0.25) is 0 Å². The second-order valence-corrected chi connectivity index (χ2v) is 6.43. The summed E-state index contributed by atoms with van der Waals surface area (Å²) in [6, 6.07) is 4.10. The number of carboxylic acid groups (broad SMARTS) is 1. The number of fused-ring (bicyclic) bond motifs is 1. The molecule has 2 aromatic heterocycles. The van der Waals surface area contributed by atoms with Gasteiger partial charge >= 0.3 is 5.97 Å². The topological polar surface area (TPSA) is 54.6 Å². The van der Waals surface area contributed by atoms with Crippen LogP contribution in [0.5, 0.6) is 0 Å². The monoisotopic (exact) mass is 300 g/mol. The van der Waals surface area contributed by atoms with E-state index in [-0.39, 0.29) is 0 Å². The molecule has 1 N–H and O–H groups in total. The summed E-state index contributed by atoms with van der Waals surface area (Å²) >= 11 is 0. The van der Waals surface area contributed by atoms with Gasteiger partial charge in [-0.05, 0) is 43.4 Å². The summed E-state index contributed by atoms with van der Waals surface area (Å²) in [6.45, 7) is 3.91. The number of carbonyl (C=O) groups is 1. The summed E-state index contributed by atoms with van der Waals surface area (Å²) in [5.41, 5.74) is 4.13. The molecular weight excluding hydrogens is 276 g/mol. The lowest BCUT2D eigenvalue weighted by Gasteiger charge is -2.23. The van der Waals surface area contributed by atoms with Gasteiger partial charge in [-0.15, -0.1) is 0 Å². The smallest absolute Gasteiger partial charge is 0.337 e. The zero-order valence-electron chi connectivity index (χ0n) is 13.4.